The molecular formula is C30H29N5O5. The number of aryl methyl sites for hydroxylation is 1. The minimum absolute atomic E-state index is 0.00679. The molecule has 0 saturated carbocycles. The van der Waals surface area contributed by atoms with Gasteiger partial charge in [-0.15, -0.1) is 0 Å². The van der Waals surface area contributed by atoms with E-state index in [4.69, 9.17) is 9.47 Å². The SMILES string of the molecule is COc1ccc2cc1Oc1cc(ccc1O)CCC(=O)N[C@@H]1CN(C(=O)c3cnn(-c4ccccn4)c3C)C[C@@H]21. The van der Waals surface area contributed by atoms with Gasteiger partial charge in [-0.2, -0.15) is 5.10 Å². The number of pyridine rings is 1. The van der Waals surface area contributed by atoms with Gasteiger partial charge in [0.05, 0.1) is 30.6 Å². The Hall–Kier alpha value is -4.86. The van der Waals surface area contributed by atoms with E-state index in [1.165, 1.54) is 0 Å². The zero-order valence-electron chi connectivity index (χ0n) is 22.2. The molecule has 1 saturated heterocycles. The van der Waals surface area contributed by atoms with Crippen molar-refractivity contribution in [2.75, 3.05) is 20.2 Å². The summed E-state index contributed by atoms with van der Waals surface area (Å²) in [6.45, 7) is 2.58. The molecule has 10 nitrogen and oxygen atoms in total. The summed E-state index contributed by atoms with van der Waals surface area (Å²) in [4.78, 5) is 32.9. The second-order valence-electron chi connectivity index (χ2n) is 10.0. The summed E-state index contributed by atoms with van der Waals surface area (Å²) in [5, 5.41) is 18.0. The number of nitrogens with zero attached hydrogens (tertiary/aromatic N) is 4. The number of likely N-dealkylation sites (tertiary alicyclic amines) is 1. The summed E-state index contributed by atoms with van der Waals surface area (Å²) in [5.74, 6) is 1.40. The van der Waals surface area contributed by atoms with Crippen molar-refractivity contribution in [1.29, 1.82) is 0 Å². The minimum Gasteiger partial charge on any atom is -0.504 e. The number of phenols is 1. The Balaban J connectivity index is 1.34. The Morgan fingerprint density at radius 3 is 2.77 bits per heavy atom. The zero-order chi connectivity index (χ0) is 27.8. The molecule has 0 aliphatic carbocycles. The third kappa shape index (κ3) is 4.72. The summed E-state index contributed by atoms with van der Waals surface area (Å²) in [6.07, 6.45) is 3.99. The van der Waals surface area contributed by atoms with Crippen LogP contribution < -0.4 is 14.8 Å². The van der Waals surface area contributed by atoms with Crippen LogP contribution in [-0.4, -0.2) is 62.8 Å². The third-order valence-corrected chi connectivity index (χ3v) is 7.56. The lowest BCUT2D eigenvalue weighted by Crippen LogP contribution is -2.40. The minimum atomic E-state index is -0.305. The molecule has 204 valence electrons. The first kappa shape index (κ1) is 25.4. The molecule has 0 spiro atoms. The van der Waals surface area contributed by atoms with E-state index in [0.717, 1.165) is 11.1 Å². The molecule has 6 rings (SSSR count). The van der Waals surface area contributed by atoms with E-state index in [1.807, 2.05) is 37.3 Å². The van der Waals surface area contributed by atoms with Crippen molar-refractivity contribution < 1.29 is 24.2 Å². The zero-order valence-corrected chi connectivity index (χ0v) is 22.2. The van der Waals surface area contributed by atoms with Crippen LogP contribution in [0.25, 0.3) is 5.82 Å². The molecule has 2 amide bonds. The Morgan fingerprint density at radius 1 is 1.10 bits per heavy atom. The van der Waals surface area contributed by atoms with Gasteiger partial charge in [0.15, 0.2) is 28.8 Å². The molecule has 4 aromatic rings. The number of nitrogens with one attached hydrogen (secondary N) is 1. The molecule has 2 aromatic heterocycles. The number of methoxy groups -OCH3 is 1. The lowest BCUT2D eigenvalue weighted by molar-refractivity contribution is -0.121. The highest BCUT2D eigenvalue weighted by Crippen LogP contribution is 2.40. The molecule has 4 heterocycles. The van der Waals surface area contributed by atoms with E-state index in [0.29, 0.717) is 48.1 Å². The Labute approximate surface area is 231 Å². The second-order valence-corrected chi connectivity index (χ2v) is 10.0. The number of carbonyl (C=O) groups excluding carboxylic acids is 2. The number of ether oxygens (including phenoxy) is 2. The predicted molar refractivity (Wildman–Crippen MR) is 146 cm³/mol. The fourth-order valence-electron chi connectivity index (χ4n) is 5.41. The average molecular weight is 540 g/mol. The van der Waals surface area contributed by atoms with Gasteiger partial charge in [0.2, 0.25) is 5.91 Å². The lowest BCUT2D eigenvalue weighted by atomic mass is 9.93. The predicted octanol–water partition coefficient (Wildman–Crippen LogP) is 3.75. The molecule has 2 aliphatic rings. The van der Waals surface area contributed by atoms with Crippen molar-refractivity contribution in [3.05, 3.63) is 89.4 Å². The van der Waals surface area contributed by atoms with E-state index >= 15 is 0 Å². The van der Waals surface area contributed by atoms with Crippen molar-refractivity contribution in [2.45, 2.75) is 31.7 Å². The van der Waals surface area contributed by atoms with Gasteiger partial charge >= 0.3 is 0 Å². The fraction of sp³-hybridized carbons (Fsp3) is 0.267. The average Bonchev–Trinajstić information content (AvgIpc) is 3.56. The standard InChI is InChI=1S/C30H29N5O5/c1-18-21(15-32-35(18)28-5-3-4-12-31-28)30(38)34-16-22-20-8-10-25(39-2)27(14-20)40-26-13-19(6-9-24(26)36)7-11-29(37)33-23(22)17-34/h3-6,8-10,12-15,22-23,36H,7,11,16-17H2,1-2H3,(H,33,37)/t22-,23+/m0/s1. The lowest BCUT2D eigenvalue weighted by Gasteiger charge is -2.21. The Bertz CT molecular complexity index is 1580. The van der Waals surface area contributed by atoms with Gasteiger partial charge in [0.1, 0.15) is 0 Å². The molecule has 2 atom stereocenters. The number of carbonyl (C=O) groups is 2. The summed E-state index contributed by atoms with van der Waals surface area (Å²) < 4.78 is 13.3. The molecule has 0 radical (unpaired) electrons. The van der Waals surface area contributed by atoms with Crippen molar-refractivity contribution in [1.82, 2.24) is 25.0 Å². The Kier molecular flexibility index (Phi) is 6.59. The number of hydrogen-bond acceptors (Lipinski definition) is 7. The van der Waals surface area contributed by atoms with Gasteiger partial charge in [-0.3, -0.25) is 9.59 Å². The number of amides is 2. The number of rotatable bonds is 3. The number of benzene rings is 2. The number of aromatic nitrogens is 3. The Morgan fingerprint density at radius 2 is 1.98 bits per heavy atom. The highest BCUT2D eigenvalue weighted by Gasteiger charge is 2.38. The van der Waals surface area contributed by atoms with Gasteiger partial charge in [-0.1, -0.05) is 18.2 Å². The molecule has 2 aromatic carbocycles. The van der Waals surface area contributed by atoms with Crippen molar-refractivity contribution >= 4 is 11.8 Å². The first-order chi connectivity index (χ1) is 19.4. The third-order valence-electron chi connectivity index (χ3n) is 7.56. The second kappa shape index (κ2) is 10.4. The van der Waals surface area contributed by atoms with Crippen molar-refractivity contribution in [3.63, 3.8) is 0 Å². The maximum absolute atomic E-state index is 13.7. The van der Waals surface area contributed by atoms with E-state index in [-0.39, 0.29) is 41.7 Å². The van der Waals surface area contributed by atoms with Gasteiger partial charge in [0.25, 0.3) is 5.91 Å². The molecule has 10 heteroatoms. The number of fused-ring (bicyclic) bond motifs is 6. The first-order valence-electron chi connectivity index (χ1n) is 13.1. The molecule has 4 bridgehead atoms. The smallest absolute Gasteiger partial charge is 0.257 e. The van der Waals surface area contributed by atoms with E-state index < -0.39 is 0 Å². The number of aromatic hydroxyl groups is 1. The fourth-order valence-corrected chi connectivity index (χ4v) is 5.41. The molecular weight excluding hydrogens is 510 g/mol. The number of hydrogen-bond donors (Lipinski definition) is 2. The van der Waals surface area contributed by atoms with Gasteiger partial charge < -0.3 is 24.8 Å². The maximum atomic E-state index is 13.7. The van der Waals surface area contributed by atoms with Gasteiger partial charge in [0, 0.05) is 31.6 Å². The highest BCUT2D eigenvalue weighted by atomic mass is 16.5. The molecule has 2 aliphatic heterocycles. The monoisotopic (exact) mass is 539 g/mol. The van der Waals surface area contributed by atoms with Crippen LogP contribution in [0.3, 0.4) is 0 Å². The first-order valence-corrected chi connectivity index (χ1v) is 13.1. The largest absolute Gasteiger partial charge is 0.504 e. The van der Waals surface area contributed by atoms with Crippen LogP contribution in [0.15, 0.2) is 67.0 Å². The van der Waals surface area contributed by atoms with Crippen LogP contribution in [0.1, 0.15) is 39.5 Å². The highest BCUT2D eigenvalue weighted by molar-refractivity contribution is 5.95. The molecule has 2 N–H and O–H groups in total. The van der Waals surface area contributed by atoms with Gasteiger partial charge in [-0.25, -0.2) is 9.67 Å². The van der Waals surface area contributed by atoms with E-state index in [9.17, 15) is 14.7 Å². The van der Waals surface area contributed by atoms with E-state index in [1.54, 1.807) is 53.4 Å². The van der Waals surface area contributed by atoms with Crippen molar-refractivity contribution in [2.24, 2.45) is 0 Å². The number of phenolic OH excluding ortho intramolecular Hbond substituents is 1. The van der Waals surface area contributed by atoms with Crippen LogP contribution in [-0.2, 0) is 11.2 Å². The summed E-state index contributed by atoms with van der Waals surface area (Å²) in [5.41, 5.74) is 2.92. The van der Waals surface area contributed by atoms with Crippen LogP contribution in [0, 0.1) is 6.92 Å². The van der Waals surface area contributed by atoms with Crippen LogP contribution >= 0.6 is 0 Å². The van der Waals surface area contributed by atoms with Crippen LogP contribution in [0.4, 0.5) is 0 Å². The van der Waals surface area contributed by atoms with Gasteiger partial charge in [-0.05, 0) is 60.9 Å². The summed E-state index contributed by atoms with van der Waals surface area (Å²) in [6, 6.07) is 15.9. The molecule has 0 unspecified atom stereocenters. The molecule has 40 heavy (non-hydrogen) atoms. The molecule has 1 fully saturated rings. The van der Waals surface area contributed by atoms with E-state index in [2.05, 4.69) is 15.4 Å². The van der Waals surface area contributed by atoms with Crippen molar-refractivity contribution in [3.8, 4) is 28.8 Å². The quantitative estimate of drug-likeness (QED) is 0.407. The maximum Gasteiger partial charge on any atom is 0.257 e. The topological polar surface area (TPSA) is 119 Å². The van der Waals surface area contributed by atoms with Crippen LogP contribution in [0.2, 0.25) is 0 Å². The summed E-state index contributed by atoms with van der Waals surface area (Å²) in [7, 11) is 1.55. The van der Waals surface area contributed by atoms with Crippen LogP contribution in [0.5, 0.6) is 23.0 Å². The normalized spacial score (nSPS) is 18.4. The summed E-state index contributed by atoms with van der Waals surface area (Å²) >= 11 is 0.